The molecular formula is C22H22F3N3O2S. The molecule has 0 radical (unpaired) electrons. The first-order valence-corrected chi connectivity index (χ1v) is 10.5. The normalized spacial score (nSPS) is 12.7. The molecular weight excluding hydrogens is 427 g/mol. The molecule has 1 aromatic carbocycles. The molecule has 3 aromatic rings. The number of ketones is 2. The zero-order valence-electron chi connectivity index (χ0n) is 17.5. The molecule has 31 heavy (non-hydrogen) atoms. The Morgan fingerprint density at radius 2 is 1.84 bits per heavy atom. The van der Waals surface area contributed by atoms with Crippen molar-refractivity contribution in [3.8, 4) is 11.3 Å². The summed E-state index contributed by atoms with van der Waals surface area (Å²) in [6.45, 7) is 5.22. The van der Waals surface area contributed by atoms with E-state index < -0.39 is 18.0 Å². The quantitative estimate of drug-likeness (QED) is 0.375. The van der Waals surface area contributed by atoms with Crippen LogP contribution in [0.3, 0.4) is 0 Å². The van der Waals surface area contributed by atoms with Gasteiger partial charge in [0.1, 0.15) is 6.54 Å². The van der Waals surface area contributed by atoms with E-state index in [4.69, 9.17) is 0 Å². The van der Waals surface area contributed by atoms with Crippen molar-refractivity contribution < 1.29 is 22.8 Å². The lowest BCUT2D eigenvalue weighted by atomic mass is 10.0. The lowest BCUT2D eigenvalue weighted by Crippen LogP contribution is -2.21. The molecule has 0 saturated carbocycles. The van der Waals surface area contributed by atoms with Crippen LogP contribution in [0.1, 0.15) is 46.0 Å². The van der Waals surface area contributed by atoms with Crippen LogP contribution < -0.4 is 0 Å². The fraction of sp³-hybridized carbons (Fsp3) is 0.318. The molecule has 2 aromatic heterocycles. The molecule has 3 rings (SSSR count). The molecule has 0 aliphatic carbocycles. The molecule has 0 saturated heterocycles. The van der Waals surface area contributed by atoms with Crippen molar-refractivity contribution in [3.05, 3.63) is 59.0 Å². The maximum Gasteiger partial charge on any atom is 0.406 e. The summed E-state index contributed by atoms with van der Waals surface area (Å²) in [6, 6.07) is 8.67. The number of nitrogens with zero attached hydrogens (tertiary/aromatic N) is 2. The smallest absolute Gasteiger partial charge is 0.355 e. The maximum absolute atomic E-state index is 13.3. The number of hydrogen-bond donors (Lipinski definition) is 1. The van der Waals surface area contributed by atoms with Gasteiger partial charge in [0.05, 0.1) is 22.8 Å². The summed E-state index contributed by atoms with van der Waals surface area (Å²) in [5.74, 6) is -0.459. The number of halogens is 3. The number of imidazole rings is 1. The van der Waals surface area contributed by atoms with Gasteiger partial charge < -0.3 is 9.55 Å². The topological polar surface area (TPSA) is 67.8 Å². The van der Waals surface area contributed by atoms with Gasteiger partial charge >= 0.3 is 6.18 Å². The summed E-state index contributed by atoms with van der Waals surface area (Å²) in [6.07, 6.45) is -3.06. The van der Waals surface area contributed by atoms with E-state index in [1.54, 1.807) is 51.1 Å². The largest absolute Gasteiger partial charge is 0.406 e. The van der Waals surface area contributed by atoms with Crippen molar-refractivity contribution in [1.82, 2.24) is 14.5 Å². The number of Topliss-reactive ketones (excluding diaryl/α,β-unsaturated/α-hetero) is 2. The van der Waals surface area contributed by atoms with E-state index in [-0.39, 0.29) is 16.7 Å². The lowest BCUT2D eigenvalue weighted by Gasteiger charge is -2.16. The first kappa shape index (κ1) is 22.9. The average Bonchev–Trinajstić information content (AvgIpc) is 3.20. The summed E-state index contributed by atoms with van der Waals surface area (Å²) < 4.78 is 40.9. The Labute approximate surface area is 182 Å². The second-order valence-electron chi connectivity index (χ2n) is 7.30. The highest BCUT2D eigenvalue weighted by Gasteiger charge is 2.32. The highest BCUT2D eigenvalue weighted by molar-refractivity contribution is 8.00. The van der Waals surface area contributed by atoms with Gasteiger partial charge in [-0.1, -0.05) is 42.1 Å². The summed E-state index contributed by atoms with van der Waals surface area (Å²) in [5.41, 5.74) is 2.82. The van der Waals surface area contributed by atoms with Crippen molar-refractivity contribution >= 4 is 23.3 Å². The predicted octanol–water partition coefficient (Wildman–Crippen LogP) is 5.62. The molecule has 9 heteroatoms. The molecule has 0 bridgehead atoms. The molecule has 164 valence electrons. The van der Waals surface area contributed by atoms with Gasteiger partial charge in [-0.25, -0.2) is 4.98 Å². The minimum Gasteiger partial charge on any atom is -0.355 e. The fourth-order valence-electron chi connectivity index (χ4n) is 3.56. The third-order valence-corrected chi connectivity index (χ3v) is 6.02. The number of benzene rings is 1. The summed E-state index contributed by atoms with van der Waals surface area (Å²) in [4.78, 5) is 32.0. The molecule has 0 fully saturated rings. The third kappa shape index (κ3) is 4.92. The number of rotatable bonds is 7. The van der Waals surface area contributed by atoms with E-state index in [2.05, 4.69) is 9.97 Å². The average molecular weight is 449 g/mol. The number of H-pyrrole nitrogens is 1. The van der Waals surface area contributed by atoms with Gasteiger partial charge in [0, 0.05) is 11.3 Å². The van der Waals surface area contributed by atoms with Crippen LogP contribution in [0, 0.1) is 13.8 Å². The molecule has 0 aliphatic rings. The van der Waals surface area contributed by atoms with Gasteiger partial charge in [0.2, 0.25) is 0 Å². The summed E-state index contributed by atoms with van der Waals surface area (Å²) >= 11 is 0.959. The van der Waals surface area contributed by atoms with E-state index in [0.29, 0.717) is 33.8 Å². The SMILES string of the molecule is CC(=O)c1c(C)[nH]c(C(=O)C(C)Sc2ncc(-c3ccccc3)n2CC(F)(F)F)c1C. The van der Waals surface area contributed by atoms with E-state index in [9.17, 15) is 22.8 Å². The van der Waals surface area contributed by atoms with E-state index in [0.717, 1.165) is 16.3 Å². The number of thioether (sulfide) groups is 1. The zero-order chi connectivity index (χ0) is 22.9. The Hall–Kier alpha value is -2.81. The fourth-order valence-corrected chi connectivity index (χ4v) is 4.51. The maximum atomic E-state index is 13.3. The Balaban J connectivity index is 1.93. The van der Waals surface area contributed by atoms with E-state index in [1.807, 2.05) is 0 Å². The van der Waals surface area contributed by atoms with Crippen molar-refractivity contribution in [2.75, 3.05) is 0 Å². The predicted molar refractivity (Wildman–Crippen MR) is 114 cm³/mol. The van der Waals surface area contributed by atoms with Crippen molar-refractivity contribution in [2.24, 2.45) is 0 Å². The van der Waals surface area contributed by atoms with E-state index in [1.165, 1.54) is 13.1 Å². The van der Waals surface area contributed by atoms with Gasteiger partial charge in [-0.15, -0.1) is 0 Å². The standard InChI is InChI=1S/C22H22F3N3O2S/c1-12-18(14(3)29)13(2)27-19(12)20(30)15(4)31-21-26-10-17(16-8-6-5-7-9-16)28(21)11-22(23,24)25/h5-10,15,27H,11H2,1-4H3. The van der Waals surface area contributed by atoms with Crippen LogP contribution in [0.25, 0.3) is 11.3 Å². The molecule has 1 unspecified atom stereocenters. The summed E-state index contributed by atoms with van der Waals surface area (Å²) in [5, 5.41) is -0.612. The molecule has 1 N–H and O–H groups in total. The Morgan fingerprint density at radius 3 is 2.39 bits per heavy atom. The number of aromatic amines is 1. The molecule has 5 nitrogen and oxygen atoms in total. The Kier molecular flexibility index (Phi) is 6.45. The monoisotopic (exact) mass is 449 g/mol. The van der Waals surface area contributed by atoms with Crippen LogP contribution in [0.4, 0.5) is 13.2 Å². The molecule has 0 aliphatic heterocycles. The minimum absolute atomic E-state index is 0.102. The minimum atomic E-state index is -4.45. The Bertz CT molecular complexity index is 1120. The number of hydrogen-bond acceptors (Lipinski definition) is 4. The van der Waals surface area contributed by atoms with Gasteiger partial charge in [-0.05, 0) is 38.8 Å². The Morgan fingerprint density at radius 1 is 1.19 bits per heavy atom. The number of nitrogens with one attached hydrogen (secondary N) is 1. The molecule has 1 atom stereocenters. The van der Waals surface area contributed by atoms with Gasteiger partial charge in [0.15, 0.2) is 16.7 Å². The van der Waals surface area contributed by atoms with E-state index >= 15 is 0 Å². The van der Waals surface area contributed by atoms with Crippen molar-refractivity contribution in [3.63, 3.8) is 0 Å². The molecule has 0 amide bonds. The van der Waals surface area contributed by atoms with Crippen molar-refractivity contribution in [1.29, 1.82) is 0 Å². The number of alkyl halides is 3. The van der Waals surface area contributed by atoms with Crippen molar-refractivity contribution in [2.45, 2.75) is 50.8 Å². The van der Waals surface area contributed by atoms with Gasteiger partial charge in [0.25, 0.3) is 0 Å². The first-order chi connectivity index (χ1) is 14.5. The zero-order valence-corrected chi connectivity index (χ0v) is 18.3. The van der Waals surface area contributed by atoms with Crippen LogP contribution in [-0.2, 0) is 6.54 Å². The molecule has 0 spiro atoms. The summed E-state index contributed by atoms with van der Waals surface area (Å²) in [7, 11) is 0. The first-order valence-electron chi connectivity index (χ1n) is 9.58. The number of carbonyl (C=O) groups excluding carboxylic acids is 2. The van der Waals surface area contributed by atoms with Crippen LogP contribution in [0.15, 0.2) is 41.7 Å². The number of aromatic nitrogens is 3. The van der Waals surface area contributed by atoms with Crippen LogP contribution in [-0.4, -0.2) is 37.5 Å². The number of aryl methyl sites for hydroxylation is 1. The second-order valence-corrected chi connectivity index (χ2v) is 8.61. The lowest BCUT2D eigenvalue weighted by molar-refractivity contribution is -0.141. The second kappa shape index (κ2) is 8.74. The van der Waals surface area contributed by atoms with Gasteiger partial charge in [-0.2, -0.15) is 13.2 Å². The van der Waals surface area contributed by atoms with Crippen LogP contribution in [0.2, 0.25) is 0 Å². The van der Waals surface area contributed by atoms with Crippen LogP contribution in [0.5, 0.6) is 0 Å². The highest BCUT2D eigenvalue weighted by Crippen LogP contribution is 2.33. The highest BCUT2D eigenvalue weighted by atomic mass is 32.2. The third-order valence-electron chi connectivity index (χ3n) is 4.91. The van der Waals surface area contributed by atoms with Gasteiger partial charge in [-0.3, -0.25) is 9.59 Å². The van der Waals surface area contributed by atoms with Crippen LogP contribution >= 0.6 is 11.8 Å². The molecule has 2 heterocycles. The number of carbonyl (C=O) groups is 2.